The fourth-order valence-electron chi connectivity index (χ4n) is 8.17. The molecule has 0 spiro atoms. The molecule has 9 aromatic carbocycles. The topological polar surface area (TPSA) is 31.0 Å². The molecule has 11 rings (SSSR count). The predicted molar refractivity (Wildman–Crippen MR) is 225 cm³/mol. The van der Waals surface area contributed by atoms with Crippen molar-refractivity contribution in [3.63, 3.8) is 0 Å². The second kappa shape index (κ2) is 12.2. The van der Waals surface area contributed by atoms with E-state index in [9.17, 15) is 0 Å². The maximum Gasteiger partial charge on any atom is 0.145 e. The molecule has 3 heteroatoms. The Labute approximate surface area is 319 Å². The highest BCUT2D eigenvalue weighted by Gasteiger charge is 2.21. The summed E-state index contributed by atoms with van der Waals surface area (Å²) in [6.45, 7) is 0. The number of hydrogen-bond donors (Lipinski definition) is 0. The van der Waals surface area contributed by atoms with Gasteiger partial charge in [0.2, 0.25) is 0 Å². The van der Waals surface area contributed by atoms with Gasteiger partial charge >= 0.3 is 0 Å². The maximum absolute atomic E-state index is 8.80. The lowest BCUT2D eigenvalue weighted by Crippen LogP contribution is -1.98. The minimum Gasteiger partial charge on any atom is -0.456 e. The van der Waals surface area contributed by atoms with Gasteiger partial charge in [0.05, 0.1) is 17.9 Å². The number of aromatic nitrogens is 2. The number of fused-ring (bicyclic) bond motifs is 6. The summed E-state index contributed by atoms with van der Waals surface area (Å²) in [4.78, 5) is 4.85. The molecule has 11 aromatic rings. The standard InChI is InChI=1S/C51H32N2O/c1-3-14-33(15-4-1)36-28-31-40-43(32-36)49(42-21-13-25-47-50(42)41-20-9-12-24-46(41)54-47)39-19-8-7-18-38(39)48(40)34-26-29-37(30-27-34)53-45-23-11-10-22-44(45)52-51(53)35-16-5-2-6-17-35/h1-32H/i2D,5D,6D,16D,17D. The minimum atomic E-state index is -0.438. The van der Waals surface area contributed by atoms with Crippen LogP contribution in [0.4, 0.5) is 0 Å². The minimum absolute atomic E-state index is 0.0542. The Balaban J connectivity index is 1.17. The van der Waals surface area contributed by atoms with E-state index in [1.54, 1.807) is 0 Å². The molecule has 252 valence electrons. The van der Waals surface area contributed by atoms with Crippen molar-refractivity contribution >= 4 is 54.5 Å². The average Bonchev–Trinajstić information content (AvgIpc) is 3.86. The normalized spacial score (nSPS) is 13.0. The molecule has 0 aliphatic rings. The Bertz CT molecular complexity index is 3470. The lowest BCUT2D eigenvalue weighted by atomic mass is 9.84. The average molecular weight is 694 g/mol. The van der Waals surface area contributed by atoms with Crippen molar-refractivity contribution in [3.05, 3.63) is 194 Å². The summed E-state index contributed by atoms with van der Waals surface area (Å²) in [6, 6.07) is 54.4. The highest BCUT2D eigenvalue weighted by Crippen LogP contribution is 2.48. The van der Waals surface area contributed by atoms with Gasteiger partial charge in [-0.05, 0) is 97.4 Å². The number of imidazole rings is 1. The Kier molecular flexibility index (Phi) is 5.79. The van der Waals surface area contributed by atoms with E-state index < -0.39 is 18.1 Å². The summed E-state index contributed by atoms with van der Waals surface area (Å²) < 4.78 is 50.9. The summed E-state index contributed by atoms with van der Waals surface area (Å²) in [5, 5.41) is 6.59. The zero-order valence-corrected chi connectivity index (χ0v) is 28.9. The van der Waals surface area contributed by atoms with Crippen molar-refractivity contribution in [2.75, 3.05) is 0 Å². The molecular formula is C51H32N2O. The molecule has 2 aromatic heterocycles. The third-order valence-corrected chi connectivity index (χ3v) is 10.5. The Morgan fingerprint density at radius 1 is 0.463 bits per heavy atom. The summed E-state index contributed by atoms with van der Waals surface area (Å²) in [5.41, 5.74) is 10.5. The number of rotatable bonds is 5. The van der Waals surface area contributed by atoms with Gasteiger partial charge in [-0.3, -0.25) is 4.57 Å². The van der Waals surface area contributed by atoms with Crippen LogP contribution in [0.2, 0.25) is 0 Å². The molecule has 0 bridgehead atoms. The van der Waals surface area contributed by atoms with Gasteiger partial charge in [-0.1, -0.05) is 152 Å². The van der Waals surface area contributed by atoms with E-state index in [2.05, 4.69) is 103 Å². The molecule has 0 saturated carbocycles. The SMILES string of the molecule is [2H]c1c([2H])c([2H])c(-c2nc3ccccc3n2-c2ccc(-c3c4ccccc4c(-c4cccc5oc6ccccc6c45)c4cc(-c5ccccc5)ccc34)cc2)c([2H])c1[2H]. The van der Waals surface area contributed by atoms with Crippen molar-refractivity contribution in [3.8, 4) is 50.5 Å². The van der Waals surface area contributed by atoms with Crippen molar-refractivity contribution < 1.29 is 11.3 Å². The third-order valence-electron chi connectivity index (χ3n) is 10.5. The smallest absolute Gasteiger partial charge is 0.145 e. The number of benzene rings is 9. The fourth-order valence-corrected chi connectivity index (χ4v) is 8.17. The van der Waals surface area contributed by atoms with Gasteiger partial charge in [-0.25, -0.2) is 4.98 Å². The molecule has 0 N–H and O–H groups in total. The van der Waals surface area contributed by atoms with Gasteiger partial charge in [-0.2, -0.15) is 0 Å². The molecule has 0 saturated heterocycles. The van der Waals surface area contributed by atoms with E-state index >= 15 is 0 Å². The maximum atomic E-state index is 8.80. The highest BCUT2D eigenvalue weighted by atomic mass is 16.3. The van der Waals surface area contributed by atoms with Crippen LogP contribution in [-0.4, -0.2) is 9.55 Å². The zero-order valence-electron chi connectivity index (χ0n) is 33.9. The van der Waals surface area contributed by atoms with Crippen LogP contribution in [0.1, 0.15) is 6.85 Å². The molecule has 0 unspecified atom stereocenters. The van der Waals surface area contributed by atoms with Gasteiger partial charge in [0.1, 0.15) is 17.0 Å². The van der Waals surface area contributed by atoms with Crippen LogP contribution in [0.5, 0.6) is 0 Å². The van der Waals surface area contributed by atoms with Crippen LogP contribution in [-0.2, 0) is 0 Å². The van der Waals surface area contributed by atoms with Crippen LogP contribution < -0.4 is 0 Å². The Morgan fingerprint density at radius 2 is 1.13 bits per heavy atom. The molecule has 0 fully saturated rings. The van der Waals surface area contributed by atoms with Gasteiger partial charge in [0.25, 0.3) is 0 Å². The molecule has 0 aliphatic heterocycles. The summed E-state index contributed by atoms with van der Waals surface area (Å²) >= 11 is 0. The monoisotopic (exact) mass is 693 g/mol. The van der Waals surface area contributed by atoms with Gasteiger partial charge in [-0.15, -0.1) is 0 Å². The zero-order chi connectivity index (χ0) is 39.9. The number of para-hydroxylation sites is 3. The van der Waals surface area contributed by atoms with E-state index in [1.807, 2.05) is 65.2 Å². The van der Waals surface area contributed by atoms with E-state index in [-0.39, 0.29) is 23.5 Å². The van der Waals surface area contributed by atoms with E-state index in [1.165, 1.54) is 0 Å². The molecule has 54 heavy (non-hydrogen) atoms. The first-order chi connectivity index (χ1) is 28.9. The van der Waals surface area contributed by atoms with Crippen molar-refractivity contribution in [2.45, 2.75) is 0 Å². The lowest BCUT2D eigenvalue weighted by molar-refractivity contribution is 0.669. The Morgan fingerprint density at radius 3 is 1.96 bits per heavy atom. The van der Waals surface area contributed by atoms with Crippen molar-refractivity contribution in [1.29, 1.82) is 0 Å². The molecule has 2 heterocycles. The van der Waals surface area contributed by atoms with E-state index in [4.69, 9.17) is 16.3 Å². The van der Waals surface area contributed by atoms with Crippen LogP contribution in [0.15, 0.2) is 198 Å². The first-order valence-corrected chi connectivity index (χ1v) is 18.0. The number of furan rings is 1. The van der Waals surface area contributed by atoms with E-state index in [0.717, 1.165) is 88.1 Å². The van der Waals surface area contributed by atoms with Crippen LogP contribution >= 0.6 is 0 Å². The molecular weight excluding hydrogens is 657 g/mol. The third kappa shape index (κ3) is 4.72. The van der Waals surface area contributed by atoms with Gasteiger partial charge < -0.3 is 4.42 Å². The lowest BCUT2D eigenvalue weighted by Gasteiger charge is -2.19. The Hall–Kier alpha value is -7.23. The van der Waals surface area contributed by atoms with E-state index in [0.29, 0.717) is 5.52 Å². The molecule has 0 atom stereocenters. The number of nitrogens with zero attached hydrogens (tertiary/aromatic N) is 2. The summed E-state index contributed by atoms with van der Waals surface area (Å²) in [6.07, 6.45) is 0. The van der Waals surface area contributed by atoms with Gasteiger partial charge in [0.15, 0.2) is 0 Å². The summed E-state index contributed by atoms with van der Waals surface area (Å²) in [5.74, 6) is 0.283. The largest absolute Gasteiger partial charge is 0.456 e. The molecule has 0 aliphatic carbocycles. The molecule has 3 nitrogen and oxygen atoms in total. The van der Waals surface area contributed by atoms with Crippen LogP contribution in [0.3, 0.4) is 0 Å². The van der Waals surface area contributed by atoms with Gasteiger partial charge in [0, 0.05) is 22.0 Å². The predicted octanol–water partition coefficient (Wildman–Crippen LogP) is 13.9. The van der Waals surface area contributed by atoms with Crippen molar-refractivity contribution in [1.82, 2.24) is 9.55 Å². The van der Waals surface area contributed by atoms with Crippen LogP contribution in [0, 0.1) is 0 Å². The van der Waals surface area contributed by atoms with Crippen LogP contribution in [0.25, 0.3) is 105 Å². The highest BCUT2D eigenvalue weighted by molar-refractivity contribution is 6.26. The first kappa shape index (κ1) is 25.7. The second-order valence-electron chi connectivity index (χ2n) is 13.5. The van der Waals surface area contributed by atoms with Crippen molar-refractivity contribution in [2.24, 2.45) is 0 Å². The fraction of sp³-hybridized carbons (Fsp3) is 0. The summed E-state index contributed by atoms with van der Waals surface area (Å²) in [7, 11) is 0. The number of hydrogen-bond acceptors (Lipinski definition) is 2. The molecule has 0 amide bonds. The molecule has 0 radical (unpaired) electrons. The first-order valence-electron chi connectivity index (χ1n) is 20.5. The quantitative estimate of drug-likeness (QED) is 0.168. The second-order valence-corrected chi connectivity index (χ2v) is 13.5.